The number of carbonyl (C=O) groups is 1. The van der Waals surface area contributed by atoms with Gasteiger partial charge in [0, 0.05) is 23.1 Å². The van der Waals surface area contributed by atoms with E-state index in [1.165, 1.54) is 0 Å². The van der Waals surface area contributed by atoms with Crippen LogP contribution in [0.1, 0.15) is 21.5 Å². The molecule has 2 N–H and O–H groups in total. The second kappa shape index (κ2) is 7.95. The van der Waals surface area contributed by atoms with Gasteiger partial charge in [0.2, 0.25) is 0 Å². The Labute approximate surface area is 157 Å². The van der Waals surface area contributed by atoms with Crippen LogP contribution < -0.4 is 20.3 Å². The number of aromatic nitrogens is 1. The number of amides is 1. The van der Waals surface area contributed by atoms with E-state index < -0.39 is 0 Å². The van der Waals surface area contributed by atoms with Gasteiger partial charge >= 0.3 is 0 Å². The third-order valence-corrected chi connectivity index (χ3v) is 4.53. The number of H-pyrrole nitrogens is 1. The zero-order chi connectivity index (χ0) is 19.4. The highest BCUT2D eigenvalue weighted by molar-refractivity contribution is 5.95. The van der Waals surface area contributed by atoms with Gasteiger partial charge in [-0.15, -0.1) is 0 Å². The lowest BCUT2D eigenvalue weighted by molar-refractivity contribution is 0.0953. The van der Waals surface area contributed by atoms with Crippen LogP contribution in [0, 0.1) is 6.92 Å². The highest BCUT2D eigenvalue weighted by Gasteiger charge is 2.12. The maximum atomic E-state index is 12.4. The fraction of sp³-hybridized carbons (Fsp3) is 0.238. The number of carbonyl (C=O) groups excluding carboxylic acids is 1. The van der Waals surface area contributed by atoms with Crippen molar-refractivity contribution in [3.63, 3.8) is 0 Å². The molecule has 0 atom stereocenters. The van der Waals surface area contributed by atoms with E-state index in [1.54, 1.807) is 38.5 Å². The normalized spacial score (nSPS) is 10.6. The van der Waals surface area contributed by atoms with Crippen LogP contribution in [0.25, 0.3) is 10.9 Å². The molecule has 140 valence electrons. The predicted molar refractivity (Wildman–Crippen MR) is 105 cm³/mol. The summed E-state index contributed by atoms with van der Waals surface area (Å²) in [6.07, 6.45) is 0.406. The molecule has 6 nitrogen and oxygen atoms in total. The number of fused-ring (bicyclic) bond motifs is 1. The van der Waals surface area contributed by atoms with Crippen molar-refractivity contribution in [2.75, 3.05) is 20.8 Å². The van der Waals surface area contributed by atoms with Crippen molar-refractivity contribution in [3.05, 3.63) is 69.5 Å². The van der Waals surface area contributed by atoms with Crippen molar-refractivity contribution in [2.24, 2.45) is 0 Å². The molecule has 0 aliphatic heterocycles. The average Bonchev–Trinajstić information content (AvgIpc) is 2.67. The minimum absolute atomic E-state index is 0.149. The van der Waals surface area contributed by atoms with Crippen LogP contribution >= 0.6 is 0 Å². The highest BCUT2D eigenvalue weighted by Crippen LogP contribution is 2.31. The van der Waals surface area contributed by atoms with E-state index in [4.69, 9.17) is 9.47 Å². The number of aromatic amines is 1. The fourth-order valence-electron chi connectivity index (χ4n) is 3.05. The van der Waals surface area contributed by atoms with Crippen LogP contribution in [0.15, 0.2) is 47.3 Å². The fourth-order valence-corrected chi connectivity index (χ4v) is 3.05. The summed E-state index contributed by atoms with van der Waals surface area (Å²) in [4.78, 5) is 27.6. The van der Waals surface area contributed by atoms with Crippen molar-refractivity contribution < 1.29 is 14.3 Å². The van der Waals surface area contributed by atoms with E-state index in [0.717, 1.165) is 10.9 Å². The summed E-state index contributed by atoms with van der Waals surface area (Å²) >= 11 is 0. The first-order valence-corrected chi connectivity index (χ1v) is 8.66. The summed E-state index contributed by atoms with van der Waals surface area (Å²) in [6, 6.07) is 12.7. The quantitative estimate of drug-likeness (QED) is 0.703. The van der Waals surface area contributed by atoms with Crippen LogP contribution in [0.3, 0.4) is 0 Å². The molecule has 0 aliphatic rings. The van der Waals surface area contributed by atoms with Crippen molar-refractivity contribution in [3.8, 4) is 11.5 Å². The number of rotatable bonds is 6. The smallest absolute Gasteiger partial charge is 0.251 e. The maximum Gasteiger partial charge on any atom is 0.251 e. The first kappa shape index (κ1) is 18.5. The van der Waals surface area contributed by atoms with Crippen LogP contribution in [0.2, 0.25) is 0 Å². The molecule has 0 bridgehead atoms. The monoisotopic (exact) mass is 366 g/mol. The molecule has 0 saturated heterocycles. The summed E-state index contributed by atoms with van der Waals surface area (Å²) in [5, 5.41) is 3.63. The van der Waals surface area contributed by atoms with E-state index in [2.05, 4.69) is 10.3 Å². The van der Waals surface area contributed by atoms with Gasteiger partial charge in [-0.1, -0.05) is 18.2 Å². The Morgan fingerprint density at radius 1 is 1.07 bits per heavy atom. The molecule has 0 radical (unpaired) electrons. The van der Waals surface area contributed by atoms with Crippen LogP contribution in [0.5, 0.6) is 11.5 Å². The van der Waals surface area contributed by atoms with Gasteiger partial charge in [0.25, 0.3) is 11.5 Å². The second-order valence-electron chi connectivity index (χ2n) is 6.20. The average molecular weight is 366 g/mol. The summed E-state index contributed by atoms with van der Waals surface area (Å²) < 4.78 is 10.7. The number of methoxy groups -OCH3 is 2. The molecule has 27 heavy (non-hydrogen) atoms. The van der Waals surface area contributed by atoms with Gasteiger partial charge in [0.05, 0.1) is 19.7 Å². The molecule has 0 saturated carbocycles. The van der Waals surface area contributed by atoms with Gasteiger partial charge in [0.15, 0.2) is 0 Å². The van der Waals surface area contributed by atoms with Crippen molar-refractivity contribution in [1.29, 1.82) is 0 Å². The Hall–Kier alpha value is -3.28. The van der Waals surface area contributed by atoms with Gasteiger partial charge < -0.3 is 19.8 Å². The predicted octanol–water partition coefficient (Wildman–Crippen LogP) is 2.83. The first-order valence-electron chi connectivity index (χ1n) is 8.66. The molecular weight excluding hydrogens is 344 g/mol. The van der Waals surface area contributed by atoms with E-state index in [1.807, 2.05) is 25.1 Å². The summed E-state index contributed by atoms with van der Waals surface area (Å²) in [6.45, 7) is 2.25. The second-order valence-corrected chi connectivity index (χ2v) is 6.20. The number of pyridine rings is 1. The van der Waals surface area contributed by atoms with Crippen molar-refractivity contribution in [1.82, 2.24) is 10.3 Å². The minimum Gasteiger partial charge on any atom is -0.496 e. The Bertz CT molecular complexity index is 1040. The number of hydrogen-bond acceptors (Lipinski definition) is 4. The topological polar surface area (TPSA) is 80.4 Å². The summed E-state index contributed by atoms with van der Waals surface area (Å²) in [5.74, 6) is 1.07. The van der Waals surface area contributed by atoms with Crippen LogP contribution in [-0.2, 0) is 6.42 Å². The molecule has 0 spiro atoms. The van der Waals surface area contributed by atoms with Crippen molar-refractivity contribution >= 4 is 16.8 Å². The van der Waals surface area contributed by atoms with E-state index >= 15 is 0 Å². The lowest BCUT2D eigenvalue weighted by Gasteiger charge is -2.11. The molecule has 0 unspecified atom stereocenters. The van der Waals surface area contributed by atoms with Crippen molar-refractivity contribution in [2.45, 2.75) is 13.3 Å². The molecule has 3 rings (SSSR count). The third-order valence-electron chi connectivity index (χ3n) is 4.53. The van der Waals surface area contributed by atoms with Crippen LogP contribution in [-0.4, -0.2) is 31.7 Å². The Morgan fingerprint density at radius 2 is 1.78 bits per heavy atom. The lowest BCUT2D eigenvalue weighted by atomic mass is 10.1. The Balaban J connectivity index is 1.81. The number of aryl methyl sites for hydroxylation is 1. The number of ether oxygens (including phenoxy) is 2. The van der Waals surface area contributed by atoms with Gasteiger partial charge in [-0.05, 0) is 43.2 Å². The minimum atomic E-state index is -0.209. The van der Waals surface area contributed by atoms with Gasteiger partial charge in [-0.2, -0.15) is 0 Å². The molecule has 1 aromatic heterocycles. The standard InChI is InChI=1S/C21H22N2O4/c1-13-6-4-5-7-15(13)21(25)22-11-10-14-12-16-17(26-2)8-9-18(27-3)19(16)23-20(14)24/h4-9,12H,10-11H2,1-3H3,(H,22,25)(H,23,24). The summed E-state index contributed by atoms with van der Waals surface area (Å²) in [7, 11) is 3.13. The zero-order valence-corrected chi connectivity index (χ0v) is 15.6. The van der Waals surface area contributed by atoms with Gasteiger partial charge in [-0.3, -0.25) is 9.59 Å². The SMILES string of the molecule is COc1ccc(OC)c2[nH]c(=O)c(CCNC(=O)c3ccccc3C)cc12. The molecular formula is C21H22N2O4. The third kappa shape index (κ3) is 3.79. The first-order chi connectivity index (χ1) is 13.0. The zero-order valence-electron chi connectivity index (χ0n) is 15.6. The van der Waals surface area contributed by atoms with Crippen LogP contribution in [0.4, 0.5) is 0 Å². The van der Waals surface area contributed by atoms with Gasteiger partial charge in [-0.25, -0.2) is 0 Å². The van der Waals surface area contributed by atoms with Gasteiger partial charge in [0.1, 0.15) is 11.5 Å². The largest absolute Gasteiger partial charge is 0.496 e. The highest BCUT2D eigenvalue weighted by atomic mass is 16.5. The lowest BCUT2D eigenvalue weighted by Crippen LogP contribution is -2.28. The maximum absolute atomic E-state index is 12.4. The van der Waals surface area contributed by atoms with E-state index in [0.29, 0.717) is 41.1 Å². The number of benzene rings is 2. The number of nitrogens with one attached hydrogen (secondary N) is 2. The molecule has 0 aliphatic carbocycles. The molecule has 1 heterocycles. The number of hydrogen-bond donors (Lipinski definition) is 2. The summed E-state index contributed by atoms with van der Waals surface area (Å²) in [5.41, 5.74) is 2.50. The molecule has 3 aromatic rings. The Kier molecular flexibility index (Phi) is 5.45. The molecule has 0 fully saturated rings. The molecule has 6 heteroatoms. The Morgan fingerprint density at radius 3 is 2.48 bits per heavy atom. The molecule has 2 aromatic carbocycles. The van der Waals surface area contributed by atoms with E-state index in [9.17, 15) is 9.59 Å². The molecule has 1 amide bonds. The van der Waals surface area contributed by atoms with E-state index in [-0.39, 0.29) is 11.5 Å².